The van der Waals surface area contributed by atoms with Gasteiger partial charge in [0.1, 0.15) is 6.54 Å². The third kappa shape index (κ3) is 5.56. The van der Waals surface area contributed by atoms with Gasteiger partial charge in [-0.3, -0.25) is 4.79 Å². The average molecular weight is 418 g/mol. The van der Waals surface area contributed by atoms with Crippen molar-refractivity contribution < 1.29 is 4.79 Å². The lowest BCUT2D eigenvalue weighted by Gasteiger charge is -2.21. The van der Waals surface area contributed by atoms with Gasteiger partial charge in [0.25, 0.3) is 0 Å². The molecule has 2 N–H and O–H groups in total. The zero-order valence-electron chi connectivity index (χ0n) is 18.9. The van der Waals surface area contributed by atoms with Gasteiger partial charge in [-0.05, 0) is 78.9 Å². The van der Waals surface area contributed by atoms with Crippen LogP contribution in [0.4, 0.5) is 0 Å². The highest BCUT2D eigenvalue weighted by Crippen LogP contribution is 2.27. The first kappa shape index (κ1) is 21.6. The Kier molecular flexibility index (Phi) is 7.08. The van der Waals surface area contributed by atoms with Gasteiger partial charge in [0.2, 0.25) is 5.91 Å². The highest BCUT2D eigenvalue weighted by atomic mass is 16.1. The van der Waals surface area contributed by atoms with Gasteiger partial charge in [-0.15, -0.1) is 0 Å². The van der Waals surface area contributed by atoms with Crippen molar-refractivity contribution in [3.8, 4) is 11.1 Å². The molecule has 1 aromatic heterocycles. The van der Waals surface area contributed by atoms with Crippen LogP contribution in [0.25, 0.3) is 22.0 Å². The van der Waals surface area contributed by atoms with E-state index in [9.17, 15) is 4.79 Å². The number of fused-ring (bicyclic) bond motifs is 1. The maximum atomic E-state index is 12.5. The maximum absolute atomic E-state index is 12.5. The molecule has 1 saturated carbocycles. The number of nitrogens with one attached hydrogen (secondary N) is 2. The Morgan fingerprint density at radius 3 is 2.52 bits per heavy atom. The van der Waals surface area contributed by atoms with Crippen LogP contribution in [0.5, 0.6) is 0 Å². The Bertz CT molecular complexity index is 1030. The van der Waals surface area contributed by atoms with Gasteiger partial charge in [0, 0.05) is 24.8 Å². The smallest absolute Gasteiger partial charge is 0.239 e. The van der Waals surface area contributed by atoms with E-state index in [1.165, 1.54) is 54.4 Å². The fourth-order valence-corrected chi connectivity index (χ4v) is 4.62. The summed E-state index contributed by atoms with van der Waals surface area (Å²) in [6, 6.07) is 15.2. The van der Waals surface area contributed by atoms with Gasteiger partial charge in [0.05, 0.1) is 0 Å². The second kappa shape index (κ2) is 10.1. The molecular formula is C27H35N3O. The summed E-state index contributed by atoms with van der Waals surface area (Å²) in [5.41, 5.74) is 6.10. The lowest BCUT2D eigenvalue weighted by molar-refractivity contribution is -0.121. The molecule has 0 unspecified atom stereocenters. The van der Waals surface area contributed by atoms with Crippen molar-refractivity contribution in [2.75, 3.05) is 19.6 Å². The molecule has 0 atom stereocenters. The molecule has 2 aromatic carbocycles. The normalized spacial score (nSPS) is 14.8. The van der Waals surface area contributed by atoms with Crippen LogP contribution in [0.3, 0.4) is 0 Å². The summed E-state index contributed by atoms with van der Waals surface area (Å²) in [5, 5.41) is 7.73. The van der Waals surface area contributed by atoms with Crippen molar-refractivity contribution in [3.05, 3.63) is 59.8 Å². The summed E-state index contributed by atoms with van der Waals surface area (Å²) in [6.07, 6.45) is 8.86. The molecule has 31 heavy (non-hydrogen) atoms. The number of hydrogen-bond acceptors (Lipinski definition) is 2. The molecular weight excluding hydrogens is 382 g/mol. The summed E-state index contributed by atoms with van der Waals surface area (Å²) in [4.78, 5) is 12.5. The van der Waals surface area contributed by atoms with Crippen molar-refractivity contribution >= 4 is 16.8 Å². The van der Waals surface area contributed by atoms with Crippen LogP contribution >= 0.6 is 0 Å². The van der Waals surface area contributed by atoms with Crippen LogP contribution in [-0.2, 0) is 11.3 Å². The number of carbonyl (C=O) groups excluding carboxylic acids is 1. The number of amides is 1. The zero-order chi connectivity index (χ0) is 21.6. The number of carbonyl (C=O) groups is 1. The SMILES string of the molecule is Cc1ccc(-c2ccc3ccn(CC(=O)NCCNCC4CCCCC4)c3c2)cc1C. The minimum atomic E-state index is 0.0635. The van der Waals surface area contributed by atoms with E-state index in [4.69, 9.17) is 0 Å². The first-order chi connectivity index (χ1) is 15.1. The topological polar surface area (TPSA) is 46.1 Å². The summed E-state index contributed by atoms with van der Waals surface area (Å²) in [6.45, 7) is 7.23. The van der Waals surface area contributed by atoms with Crippen molar-refractivity contribution in [1.29, 1.82) is 0 Å². The third-order valence-electron chi connectivity index (χ3n) is 6.71. The van der Waals surface area contributed by atoms with E-state index in [0.717, 1.165) is 29.9 Å². The van der Waals surface area contributed by atoms with Crippen LogP contribution in [0, 0.1) is 19.8 Å². The van der Waals surface area contributed by atoms with Crippen molar-refractivity contribution in [2.45, 2.75) is 52.5 Å². The van der Waals surface area contributed by atoms with E-state index in [1.807, 2.05) is 10.8 Å². The molecule has 1 fully saturated rings. The van der Waals surface area contributed by atoms with Gasteiger partial charge in [-0.25, -0.2) is 0 Å². The molecule has 4 heteroatoms. The Morgan fingerprint density at radius 1 is 0.935 bits per heavy atom. The largest absolute Gasteiger partial charge is 0.353 e. The molecule has 0 bridgehead atoms. The van der Waals surface area contributed by atoms with Crippen LogP contribution in [0.15, 0.2) is 48.7 Å². The number of rotatable bonds is 8. The van der Waals surface area contributed by atoms with Gasteiger partial charge >= 0.3 is 0 Å². The lowest BCUT2D eigenvalue weighted by Crippen LogP contribution is -2.35. The quantitative estimate of drug-likeness (QED) is 0.494. The fourth-order valence-electron chi connectivity index (χ4n) is 4.62. The van der Waals surface area contributed by atoms with E-state index in [2.05, 4.69) is 66.9 Å². The first-order valence-electron chi connectivity index (χ1n) is 11.7. The Balaban J connectivity index is 1.32. The summed E-state index contributed by atoms with van der Waals surface area (Å²) >= 11 is 0. The van der Waals surface area contributed by atoms with E-state index in [0.29, 0.717) is 13.1 Å². The molecule has 0 aliphatic heterocycles. The van der Waals surface area contributed by atoms with E-state index in [-0.39, 0.29) is 5.91 Å². The van der Waals surface area contributed by atoms with Crippen LogP contribution in [0.2, 0.25) is 0 Å². The van der Waals surface area contributed by atoms with Crippen molar-refractivity contribution in [3.63, 3.8) is 0 Å². The van der Waals surface area contributed by atoms with Crippen LogP contribution in [-0.4, -0.2) is 30.1 Å². The maximum Gasteiger partial charge on any atom is 0.239 e. The lowest BCUT2D eigenvalue weighted by atomic mass is 9.89. The molecule has 1 amide bonds. The second-order valence-electron chi connectivity index (χ2n) is 9.07. The highest BCUT2D eigenvalue weighted by Gasteiger charge is 2.12. The summed E-state index contributed by atoms with van der Waals surface area (Å²) in [7, 11) is 0. The standard InChI is InChI=1S/C27H35N3O/c1-20-8-9-24(16-21(20)2)25-11-10-23-12-15-30(26(23)17-25)19-27(31)29-14-13-28-18-22-6-4-3-5-7-22/h8-12,15-17,22,28H,3-7,13-14,18-19H2,1-2H3,(H,29,31). The molecule has 4 rings (SSSR count). The Hall–Kier alpha value is -2.59. The van der Waals surface area contributed by atoms with Crippen molar-refractivity contribution in [2.24, 2.45) is 5.92 Å². The Labute approximate surface area is 186 Å². The predicted octanol–water partition coefficient (Wildman–Crippen LogP) is 5.21. The second-order valence-corrected chi connectivity index (χ2v) is 9.07. The minimum absolute atomic E-state index is 0.0635. The number of aromatic nitrogens is 1. The number of aryl methyl sites for hydroxylation is 2. The van der Waals surface area contributed by atoms with Gasteiger partial charge in [-0.2, -0.15) is 0 Å². The molecule has 164 valence electrons. The first-order valence-corrected chi connectivity index (χ1v) is 11.7. The number of benzene rings is 2. The summed E-state index contributed by atoms with van der Waals surface area (Å²) < 4.78 is 2.05. The molecule has 0 saturated heterocycles. The molecule has 1 aliphatic rings. The van der Waals surface area contributed by atoms with E-state index < -0.39 is 0 Å². The third-order valence-corrected chi connectivity index (χ3v) is 6.71. The summed E-state index contributed by atoms with van der Waals surface area (Å²) in [5.74, 6) is 0.885. The van der Waals surface area contributed by atoms with Gasteiger partial charge < -0.3 is 15.2 Å². The molecule has 1 heterocycles. The van der Waals surface area contributed by atoms with Crippen LogP contribution < -0.4 is 10.6 Å². The number of hydrogen-bond donors (Lipinski definition) is 2. The highest BCUT2D eigenvalue weighted by molar-refractivity contribution is 5.87. The zero-order valence-corrected chi connectivity index (χ0v) is 18.9. The monoisotopic (exact) mass is 417 g/mol. The van der Waals surface area contributed by atoms with Gasteiger partial charge in [0.15, 0.2) is 0 Å². The molecule has 1 aliphatic carbocycles. The average Bonchev–Trinajstić information content (AvgIpc) is 3.18. The molecule has 0 spiro atoms. The van der Waals surface area contributed by atoms with Crippen LogP contribution in [0.1, 0.15) is 43.2 Å². The Morgan fingerprint density at radius 2 is 1.71 bits per heavy atom. The van der Waals surface area contributed by atoms with E-state index in [1.54, 1.807) is 0 Å². The predicted molar refractivity (Wildman–Crippen MR) is 129 cm³/mol. The molecule has 3 aromatic rings. The van der Waals surface area contributed by atoms with Crippen molar-refractivity contribution in [1.82, 2.24) is 15.2 Å². The van der Waals surface area contributed by atoms with E-state index >= 15 is 0 Å². The van der Waals surface area contributed by atoms with Gasteiger partial charge in [-0.1, -0.05) is 49.6 Å². The fraction of sp³-hybridized carbons (Fsp3) is 0.444. The minimum Gasteiger partial charge on any atom is -0.353 e. The molecule has 4 nitrogen and oxygen atoms in total. The number of nitrogens with zero attached hydrogens (tertiary/aromatic N) is 1. The molecule has 0 radical (unpaired) electrons.